The second kappa shape index (κ2) is 2.53. The van der Waals surface area contributed by atoms with Crippen molar-refractivity contribution in [3.63, 3.8) is 0 Å². The number of anilines is 1. The van der Waals surface area contributed by atoms with E-state index in [1.807, 2.05) is 32.2 Å². The van der Waals surface area contributed by atoms with Gasteiger partial charge in [0.2, 0.25) is 0 Å². The zero-order valence-corrected chi connectivity index (χ0v) is 5.73. The van der Waals surface area contributed by atoms with Crippen LogP contribution in [0, 0.1) is 13.0 Å². The highest BCUT2D eigenvalue weighted by atomic mass is 14.8. The Morgan fingerprint density at radius 2 is 2.33 bits per heavy atom. The van der Waals surface area contributed by atoms with Crippen molar-refractivity contribution in [2.45, 2.75) is 6.92 Å². The maximum absolute atomic E-state index is 3.09. The number of rotatable bonds is 1. The molecule has 0 aliphatic rings. The Balaban J connectivity index is 3.01. The fourth-order valence-corrected chi connectivity index (χ4v) is 0.791. The minimum Gasteiger partial charge on any atom is -0.388 e. The van der Waals surface area contributed by atoms with Gasteiger partial charge in [-0.15, -0.1) is 0 Å². The average Bonchev–Trinajstić information content (AvgIpc) is 1.89. The van der Waals surface area contributed by atoms with Crippen LogP contribution in [0.3, 0.4) is 0 Å². The van der Waals surface area contributed by atoms with Gasteiger partial charge in [0, 0.05) is 12.7 Å². The lowest BCUT2D eigenvalue weighted by Gasteiger charge is -2.00. The molecule has 0 spiro atoms. The number of aryl methyl sites for hydroxylation is 1. The molecular formula is C8H10N. The molecule has 0 atom stereocenters. The maximum atomic E-state index is 3.09. The van der Waals surface area contributed by atoms with Gasteiger partial charge in [0.1, 0.15) is 0 Å². The predicted molar refractivity (Wildman–Crippen MR) is 39.6 cm³/mol. The van der Waals surface area contributed by atoms with Crippen molar-refractivity contribution in [1.29, 1.82) is 0 Å². The third-order valence-corrected chi connectivity index (χ3v) is 1.33. The zero-order valence-electron chi connectivity index (χ0n) is 5.73. The van der Waals surface area contributed by atoms with Crippen molar-refractivity contribution in [3.05, 3.63) is 29.8 Å². The standard InChI is InChI=1S/C8H10N/c1-7-5-3-4-6-8(7)9-2/h3-4,6,9H,1-2H3. The van der Waals surface area contributed by atoms with Crippen LogP contribution in [0.1, 0.15) is 5.56 Å². The molecule has 0 heterocycles. The molecule has 0 aromatic heterocycles. The van der Waals surface area contributed by atoms with Gasteiger partial charge < -0.3 is 5.32 Å². The summed E-state index contributed by atoms with van der Waals surface area (Å²) in [4.78, 5) is 0. The molecular weight excluding hydrogens is 110 g/mol. The Morgan fingerprint density at radius 3 is 2.78 bits per heavy atom. The number of benzene rings is 1. The molecule has 0 bridgehead atoms. The molecule has 1 heteroatoms. The molecule has 0 unspecified atom stereocenters. The molecule has 1 nitrogen and oxygen atoms in total. The summed E-state index contributed by atoms with van der Waals surface area (Å²) in [6.07, 6.45) is 0. The summed E-state index contributed by atoms with van der Waals surface area (Å²) in [5.74, 6) is 0. The number of nitrogens with one attached hydrogen (secondary N) is 1. The second-order valence-electron chi connectivity index (χ2n) is 1.96. The Labute approximate surface area is 55.7 Å². The lowest BCUT2D eigenvalue weighted by molar-refractivity contribution is 1.40. The normalized spacial score (nSPS) is 9.11. The Kier molecular flexibility index (Phi) is 1.73. The molecule has 0 saturated carbocycles. The van der Waals surface area contributed by atoms with Gasteiger partial charge in [-0.3, -0.25) is 0 Å². The molecule has 47 valence electrons. The van der Waals surface area contributed by atoms with E-state index in [9.17, 15) is 0 Å². The lowest BCUT2D eigenvalue weighted by atomic mass is 10.2. The first kappa shape index (κ1) is 6.14. The van der Waals surface area contributed by atoms with Crippen LogP contribution in [0.25, 0.3) is 0 Å². The van der Waals surface area contributed by atoms with E-state index in [-0.39, 0.29) is 0 Å². The summed E-state index contributed by atoms with van der Waals surface area (Å²) in [5, 5.41) is 3.06. The Hall–Kier alpha value is -0.980. The van der Waals surface area contributed by atoms with Gasteiger partial charge in [0.25, 0.3) is 0 Å². The lowest BCUT2D eigenvalue weighted by Crippen LogP contribution is -1.89. The highest BCUT2D eigenvalue weighted by Gasteiger charge is 1.89. The molecule has 1 rings (SSSR count). The quantitative estimate of drug-likeness (QED) is 0.596. The van der Waals surface area contributed by atoms with Crippen LogP contribution in [-0.2, 0) is 0 Å². The van der Waals surface area contributed by atoms with E-state index >= 15 is 0 Å². The van der Waals surface area contributed by atoms with Crippen molar-refractivity contribution in [2.75, 3.05) is 12.4 Å². The van der Waals surface area contributed by atoms with E-state index < -0.39 is 0 Å². The van der Waals surface area contributed by atoms with Crippen molar-refractivity contribution in [1.82, 2.24) is 0 Å². The Bertz CT molecular complexity index is 194. The van der Waals surface area contributed by atoms with E-state index in [1.165, 1.54) is 5.56 Å². The highest BCUT2D eigenvalue weighted by molar-refractivity contribution is 5.48. The smallest absolute Gasteiger partial charge is 0.0373 e. The number of hydrogen-bond acceptors (Lipinski definition) is 1. The third-order valence-electron chi connectivity index (χ3n) is 1.33. The highest BCUT2D eigenvalue weighted by Crippen LogP contribution is 2.10. The SMILES string of the molecule is CNc1ccc[c]c1C. The summed E-state index contributed by atoms with van der Waals surface area (Å²) >= 11 is 0. The van der Waals surface area contributed by atoms with Gasteiger partial charge in [-0.2, -0.15) is 0 Å². The van der Waals surface area contributed by atoms with Gasteiger partial charge >= 0.3 is 0 Å². The molecule has 0 aliphatic carbocycles. The van der Waals surface area contributed by atoms with Crippen LogP contribution in [0.15, 0.2) is 18.2 Å². The molecule has 1 radical (unpaired) electrons. The first-order valence-electron chi connectivity index (χ1n) is 2.99. The molecule has 9 heavy (non-hydrogen) atoms. The van der Waals surface area contributed by atoms with Crippen LogP contribution in [-0.4, -0.2) is 7.05 Å². The zero-order chi connectivity index (χ0) is 6.69. The van der Waals surface area contributed by atoms with E-state index in [0.717, 1.165) is 5.69 Å². The predicted octanol–water partition coefficient (Wildman–Crippen LogP) is 1.84. The minimum absolute atomic E-state index is 1.15. The van der Waals surface area contributed by atoms with Crippen LogP contribution in [0.4, 0.5) is 5.69 Å². The van der Waals surface area contributed by atoms with Crippen molar-refractivity contribution < 1.29 is 0 Å². The first-order chi connectivity index (χ1) is 4.34. The maximum Gasteiger partial charge on any atom is 0.0373 e. The molecule has 0 amide bonds. The van der Waals surface area contributed by atoms with Crippen LogP contribution < -0.4 is 5.32 Å². The van der Waals surface area contributed by atoms with Crippen LogP contribution in [0.5, 0.6) is 0 Å². The Morgan fingerprint density at radius 1 is 1.56 bits per heavy atom. The van der Waals surface area contributed by atoms with Gasteiger partial charge in [-0.1, -0.05) is 12.1 Å². The third kappa shape index (κ3) is 1.22. The summed E-state index contributed by atoms with van der Waals surface area (Å²) < 4.78 is 0. The van der Waals surface area contributed by atoms with Gasteiger partial charge in [-0.05, 0) is 24.6 Å². The molecule has 1 aromatic carbocycles. The fraction of sp³-hybridized carbons (Fsp3) is 0.250. The van der Waals surface area contributed by atoms with Gasteiger partial charge in [0.15, 0.2) is 0 Å². The topological polar surface area (TPSA) is 12.0 Å². The summed E-state index contributed by atoms with van der Waals surface area (Å²) in [5.41, 5.74) is 2.32. The minimum atomic E-state index is 1.15. The largest absolute Gasteiger partial charge is 0.388 e. The van der Waals surface area contributed by atoms with Crippen molar-refractivity contribution >= 4 is 5.69 Å². The monoisotopic (exact) mass is 120 g/mol. The van der Waals surface area contributed by atoms with Crippen LogP contribution >= 0.6 is 0 Å². The summed E-state index contributed by atoms with van der Waals surface area (Å²) in [7, 11) is 1.91. The van der Waals surface area contributed by atoms with Crippen LogP contribution in [0.2, 0.25) is 0 Å². The number of hydrogen-bond donors (Lipinski definition) is 1. The summed E-state index contributed by atoms with van der Waals surface area (Å²) in [6.45, 7) is 2.03. The molecule has 1 N–H and O–H groups in total. The first-order valence-corrected chi connectivity index (χ1v) is 2.99. The molecule has 1 aromatic rings. The molecule has 0 aliphatic heterocycles. The van der Waals surface area contributed by atoms with Gasteiger partial charge in [0.05, 0.1) is 0 Å². The van der Waals surface area contributed by atoms with E-state index in [1.54, 1.807) is 0 Å². The average molecular weight is 120 g/mol. The van der Waals surface area contributed by atoms with E-state index in [0.29, 0.717) is 0 Å². The van der Waals surface area contributed by atoms with E-state index in [4.69, 9.17) is 0 Å². The van der Waals surface area contributed by atoms with Crippen molar-refractivity contribution in [3.8, 4) is 0 Å². The van der Waals surface area contributed by atoms with Crippen molar-refractivity contribution in [2.24, 2.45) is 0 Å². The van der Waals surface area contributed by atoms with E-state index in [2.05, 4.69) is 11.4 Å². The molecule has 0 fully saturated rings. The van der Waals surface area contributed by atoms with Gasteiger partial charge in [-0.25, -0.2) is 0 Å². The fourth-order valence-electron chi connectivity index (χ4n) is 0.791. The summed E-state index contributed by atoms with van der Waals surface area (Å²) in [6, 6.07) is 9.01. The molecule has 0 saturated heterocycles. The second-order valence-corrected chi connectivity index (χ2v) is 1.96.